The highest BCUT2D eigenvalue weighted by molar-refractivity contribution is 5.36. The van der Waals surface area contributed by atoms with Crippen LogP contribution in [0.15, 0.2) is 17.2 Å². The summed E-state index contributed by atoms with van der Waals surface area (Å²) in [5.41, 5.74) is -0.00611. The summed E-state index contributed by atoms with van der Waals surface area (Å²) in [6.45, 7) is 5.90. The summed E-state index contributed by atoms with van der Waals surface area (Å²) >= 11 is 0. The van der Waals surface area contributed by atoms with Crippen LogP contribution < -0.4 is 15.8 Å². The third-order valence-electron chi connectivity index (χ3n) is 5.27. The van der Waals surface area contributed by atoms with Crippen LogP contribution in [0.2, 0.25) is 0 Å². The first-order valence-corrected chi connectivity index (χ1v) is 9.24. The van der Waals surface area contributed by atoms with Crippen LogP contribution in [0.5, 0.6) is 0 Å². The molecular formula is C18H30N4O2. The Morgan fingerprint density at radius 3 is 2.96 bits per heavy atom. The van der Waals surface area contributed by atoms with Crippen molar-refractivity contribution in [3.8, 4) is 0 Å². The zero-order valence-corrected chi connectivity index (χ0v) is 14.9. The Labute approximate surface area is 144 Å². The molecule has 2 atom stereocenters. The maximum absolute atomic E-state index is 12.3. The number of rotatable bonds is 5. The largest absolute Gasteiger partial charge is 0.381 e. The minimum atomic E-state index is -0.00611. The van der Waals surface area contributed by atoms with Crippen molar-refractivity contribution in [2.45, 2.75) is 51.1 Å². The van der Waals surface area contributed by atoms with Crippen LogP contribution >= 0.6 is 0 Å². The lowest BCUT2D eigenvalue weighted by molar-refractivity contribution is 0.0606. The highest BCUT2D eigenvalue weighted by Gasteiger charge is 2.25. The minimum Gasteiger partial charge on any atom is -0.381 e. The Morgan fingerprint density at radius 2 is 2.17 bits per heavy atom. The van der Waals surface area contributed by atoms with Gasteiger partial charge in [0.1, 0.15) is 0 Å². The average Bonchev–Trinajstić information content (AvgIpc) is 2.58. The molecule has 0 radical (unpaired) electrons. The first-order valence-electron chi connectivity index (χ1n) is 9.24. The van der Waals surface area contributed by atoms with Gasteiger partial charge in [0.15, 0.2) is 5.82 Å². The predicted octanol–water partition coefficient (Wildman–Crippen LogP) is 1.54. The second kappa shape index (κ2) is 8.12. The van der Waals surface area contributed by atoms with Gasteiger partial charge in [-0.3, -0.25) is 4.79 Å². The standard InChI is InChI=1S/C18H30N4O2/c1-14(12-15-5-10-24-11-6-15)20-16-4-3-8-22(13-16)17-18(23)21(2)9-7-19-17/h7,9,14-16,20H,3-6,8,10-13H2,1-2H3/t14-,16+/m0/s1. The number of piperidine rings is 1. The van der Waals surface area contributed by atoms with Crippen LogP contribution in [0, 0.1) is 5.92 Å². The van der Waals surface area contributed by atoms with E-state index < -0.39 is 0 Å². The summed E-state index contributed by atoms with van der Waals surface area (Å²) in [6, 6.07) is 0.935. The number of aromatic nitrogens is 2. The van der Waals surface area contributed by atoms with Gasteiger partial charge in [0.25, 0.3) is 5.56 Å². The smallest absolute Gasteiger partial charge is 0.293 e. The van der Waals surface area contributed by atoms with Crippen LogP contribution in [0.1, 0.15) is 39.0 Å². The summed E-state index contributed by atoms with van der Waals surface area (Å²) in [7, 11) is 1.78. The Kier molecular flexibility index (Phi) is 5.89. The summed E-state index contributed by atoms with van der Waals surface area (Å²) in [5.74, 6) is 1.37. The van der Waals surface area contributed by atoms with E-state index >= 15 is 0 Å². The second-order valence-corrected chi connectivity index (χ2v) is 7.31. The van der Waals surface area contributed by atoms with Crippen LogP contribution in [0.25, 0.3) is 0 Å². The zero-order chi connectivity index (χ0) is 16.9. The average molecular weight is 334 g/mol. The van der Waals surface area contributed by atoms with Crippen molar-refractivity contribution in [2.24, 2.45) is 13.0 Å². The third-order valence-corrected chi connectivity index (χ3v) is 5.27. The molecule has 6 nitrogen and oxygen atoms in total. The highest BCUT2D eigenvalue weighted by atomic mass is 16.5. The molecule has 1 aromatic heterocycles. The monoisotopic (exact) mass is 334 g/mol. The molecule has 2 aliphatic rings. The molecule has 0 amide bonds. The summed E-state index contributed by atoms with van der Waals surface area (Å²) in [6.07, 6.45) is 9.27. The van der Waals surface area contributed by atoms with Crippen molar-refractivity contribution >= 4 is 5.82 Å². The van der Waals surface area contributed by atoms with Gasteiger partial charge in [0.05, 0.1) is 0 Å². The molecule has 0 aromatic carbocycles. The van der Waals surface area contributed by atoms with Gasteiger partial charge >= 0.3 is 0 Å². The molecule has 2 aliphatic heterocycles. The van der Waals surface area contributed by atoms with Gasteiger partial charge in [-0.25, -0.2) is 4.98 Å². The van der Waals surface area contributed by atoms with Gasteiger partial charge < -0.3 is 19.5 Å². The maximum atomic E-state index is 12.3. The lowest BCUT2D eigenvalue weighted by atomic mass is 9.92. The van der Waals surface area contributed by atoms with Gasteiger partial charge in [-0.1, -0.05) is 0 Å². The lowest BCUT2D eigenvalue weighted by Crippen LogP contribution is -2.50. The molecule has 0 spiro atoms. The highest BCUT2D eigenvalue weighted by Crippen LogP contribution is 2.21. The number of aryl methyl sites for hydroxylation is 1. The van der Waals surface area contributed by atoms with E-state index in [9.17, 15) is 4.79 Å². The number of ether oxygens (including phenoxy) is 1. The molecule has 6 heteroatoms. The van der Waals surface area contributed by atoms with E-state index in [0.717, 1.165) is 38.6 Å². The molecule has 134 valence electrons. The van der Waals surface area contributed by atoms with E-state index in [-0.39, 0.29) is 5.56 Å². The molecule has 0 aliphatic carbocycles. The van der Waals surface area contributed by atoms with Crippen LogP contribution in [-0.2, 0) is 11.8 Å². The van der Waals surface area contributed by atoms with Crippen molar-refractivity contribution in [1.82, 2.24) is 14.9 Å². The number of nitrogens with zero attached hydrogens (tertiary/aromatic N) is 3. The Balaban J connectivity index is 1.55. The summed E-state index contributed by atoms with van der Waals surface area (Å²) in [5, 5.41) is 3.78. The number of hydrogen-bond acceptors (Lipinski definition) is 5. The van der Waals surface area contributed by atoms with Crippen molar-refractivity contribution in [1.29, 1.82) is 0 Å². The van der Waals surface area contributed by atoms with Crippen molar-refractivity contribution in [3.63, 3.8) is 0 Å². The molecule has 2 saturated heterocycles. The first-order chi connectivity index (χ1) is 11.6. The van der Waals surface area contributed by atoms with E-state index in [1.807, 2.05) is 0 Å². The third kappa shape index (κ3) is 4.36. The zero-order valence-electron chi connectivity index (χ0n) is 14.9. The summed E-state index contributed by atoms with van der Waals surface area (Å²) in [4.78, 5) is 18.8. The molecule has 24 heavy (non-hydrogen) atoms. The van der Waals surface area contributed by atoms with Crippen molar-refractivity contribution in [2.75, 3.05) is 31.2 Å². The van der Waals surface area contributed by atoms with Gasteiger partial charge in [-0.15, -0.1) is 0 Å². The fraction of sp³-hybridized carbons (Fsp3) is 0.778. The van der Waals surface area contributed by atoms with Crippen molar-refractivity contribution in [3.05, 3.63) is 22.7 Å². The van der Waals surface area contributed by atoms with E-state index in [1.165, 1.54) is 25.7 Å². The van der Waals surface area contributed by atoms with Gasteiger partial charge in [0.2, 0.25) is 0 Å². The minimum absolute atomic E-state index is 0.00611. The first kappa shape index (κ1) is 17.4. The molecule has 0 bridgehead atoms. The lowest BCUT2D eigenvalue weighted by Gasteiger charge is -2.36. The van der Waals surface area contributed by atoms with Gasteiger partial charge in [-0.05, 0) is 44.9 Å². The molecule has 0 unspecified atom stereocenters. The molecule has 3 heterocycles. The Bertz CT molecular complexity index is 583. The van der Waals surface area contributed by atoms with Crippen LogP contribution in [-0.4, -0.2) is 47.9 Å². The number of hydrogen-bond donors (Lipinski definition) is 1. The molecule has 0 saturated carbocycles. The molecule has 3 rings (SSSR count). The summed E-state index contributed by atoms with van der Waals surface area (Å²) < 4.78 is 7.05. The fourth-order valence-electron chi connectivity index (χ4n) is 3.96. The molecule has 1 aromatic rings. The van der Waals surface area contributed by atoms with E-state index in [1.54, 1.807) is 24.0 Å². The van der Waals surface area contributed by atoms with Crippen LogP contribution in [0.4, 0.5) is 5.82 Å². The van der Waals surface area contributed by atoms with E-state index in [2.05, 4.69) is 22.1 Å². The SMILES string of the molecule is C[C@@H](CC1CCOCC1)N[C@@H]1CCCN(c2nccn(C)c2=O)C1. The Morgan fingerprint density at radius 1 is 1.38 bits per heavy atom. The van der Waals surface area contributed by atoms with Gasteiger partial charge in [0, 0.05) is 57.8 Å². The Hall–Kier alpha value is -1.40. The van der Waals surface area contributed by atoms with Gasteiger partial charge in [-0.2, -0.15) is 0 Å². The molecule has 1 N–H and O–H groups in total. The van der Waals surface area contributed by atoms with E-state index in [4.69, 9.17) is 4.74 Å². The molecular weight excluding hydrogens is 304 g/mol. The van der Waals surface area contributed by atoms with Crippen molar-refractivity contribution < 1.29 is 4.74 Å². The fourth-order valence-corrected chi connectivity index (χ4v) is 3.96. The quantitative estimate of drug-likeness (QED) is 0.885. The number of nitrogens with one attached hydrogen (secondary N) is 1. The number of anilines is 1. The second-order valence-electron chi connectivity index (χ2n) is 7.31. The maximum Gasteiger partial charge on any atom is 0.293 e. The predicted molar refractivity (Wildman–Crippen MR) is 95.5 cm³/mol. The van der Waals surface area contributed by atoms with Crippen LogP contribution in [0.3, 0.4) is 0 Å². The molecule has 2 fully saturated rings. The topological polar surface area (TPSA) is 59.4 Å². The van der Waals surface area contributed by atoms with E-state index in [0.29, 0.717) is 17.9 Å². The normalized spacial score (nSPS) is 24.1.